The highest BCUT2D eigenvalue weighted by Crippen LogP contribution is 2.13. The zero-order valence-electron chi connectivity index (χ0n) is 8.06. The van der Waals surface area contributed by atoms with E-state index in [0.717, 1.165) is 0 Å². The highest BCUT2D eigenvalue weighted by molar-refractivity contribution is 5.92. The predicted molar refractivity (Wildman–Crippen MR) is 50.3 cm³/mol. The second-order valence-electron chi connectivity index (χ2n) is 3.07. The van der Waals surface area contributed by atoms with E-state index in [4.69, 9.17) is 10.2 Å². The number of hydrogen-bond acceptors (Lipinski definition) is 4. The van der Waals surface area contributed by atoms with Gasteiger partial charge in [-0.25, -0.2) is 4.79 Å². The number of carboxylic acids is 1. The molecule has 0 fully saturated rings. The normalized spacial score (nSPS) is 12.5. The molecule has 0 bridgehead atoms. The Hall–Kier alpha value is -1.56. The van der Waals surface area contributed by atoms with E-state index >= 15 is 0 Å². The van der Waals surface area contributed by atoms with Gasteiger partial charge in [0.15, 0.2) is 0 Å². The number of anilines is 1. The minimum Gasteiger partial charge on any atom is -0.477 e. The SMILES string of the molecule is CC(O)CNc1c(C(=O)O)cnn1C. The molecule has 0 amide bonds. The van der Waals surface area contributed by atoms with Crippen molar-refractivity contribution in [2.24, 2.45) is 7.05 Å². The van der Waals surface area contributed by atoms with Crippen molar-refractivity contribution in [3.63, 3.8) is 0 Å². The topological polar surface area (TPSA) is 87.4 Å². The number of carbonyl (C=O) groups is 1. The van der Waals surface area contributed by atoms with Crippen LogP contribution in [0.1, 0.15) is 17.3 Å². The van der Waals surface area contributed by atoms with Crippen LogP contribution in [0.4, 0.5) is 5.82 Å². The maximum atomic E-state index is 10.7. The van der Waals surface area contributed by atoms with Crippen molar-refractivity contribution >= 4 is 11.8 Å². The van der Waals surface area contributed by atoms with Crippen molar-refractivity contribution in [2.75, 3.05) is 11.9 Å². The van der Waals surface area contributed by atoms with Gasteiger partial charge in [0.2, 0.25) is 0 Å². The van der Waals surface area contributed by atoms with Crippen LogP contribution in [0.2, 0.25) is 0 Å². The molecule has 0 aliphatic rings. The van der Waals surface area contributed by atoms with Gasteiger partial charge >= 0.3 is 5.97 Å². The van der Waals surface area contributed by atoms with E-state index in [1.54, 1.807) is 14.0 Å². The number of aliphatic hydroxyl groups is 1. The molecule has 0 saturated carbocycles. The monoisotopic (exact) mass is 199 g/mol. The van der Waals surface area contributed by atoms with E-state index in [0.29, 0.717) is 12.4 Å². The fraction of sp³-hybridized carbons (Fsp3) is 0.500. The second-order valence-corrected chi connectivity index (χ2v) is 3.07. The zero-order valence-corrected chi connectivity index (χ0v) is 8.06. The molecule has 0 spiro atoms. The molecule has 1 unspecified atom stereocenters. The summed E-state index contributed by atoms with van der Waals surface area (Å²) in [5.74, 6) is -0.635. The Bertz CT molecular complexity index is 333. The van der Waals surface area contributed by atoms with Crippen LogP contribution in [0.3, 0.4) is 0 Å². The Morgan fingerprint density at radius 3 is 2.93 bits per heavy atom. The van der Waals surface area contributed by atoms with Crippen LogP contribution >= 0.6 is 0 Å². The molecule has 3 N–H and O–H groups in total. The van der Waals surface area contributed by atoms with Gasteiger partial charge in [0, 0.05) is 13.6 Å². The third-order valence-corrected chi connectivity index (χ3v) is 1.73. The average Bonchev–Trinajstić information content (AvgIpc) is 2.43. The molecule has 1 aromatic rings. The van der Waals surface area contributed by atoms with Crippen LogP contribution in [0, 0.1) is 0 Å². The first-order chi connectivity index (χ1) is 6.52. The Kier molecular flexibility index (Phi) is 3.08. The molecule has 0 aromatic carbocycles. The van der Waals surface area contributed by atoms with Gasteiger partial charge in [0.25, 0.3) is 0 Å². The summed E-state index contributed by atoms with van der Waals surface area (Å²) in [7, 11) is 1.64. The average molecular weight is 199 g/mol. The molecule has 0 aliphatic heterocycles. The molecule has 6 nitrogen and oxygen atoms in total. The number of nitrogens with one attached hydrogen (secondary N) is 1. The Labute approximate surface area is 81.2 Å². The lowest BCUT2D eigenvalue weighted by atomic mass is 10.3. The highest BCUT2D eigenvalue weighted by atomic mass is 16.4. The summed E-state index contributed by atoms with van der Waals surface area (Å²) in [6.07, 6.45) is 0.735. The number of aliphatic hydroxyl groups excluding tert-OH is 1. The molecular formula is C8H13N3O3. The van der Waals surface area contributed by atoms with Crippen molar-refractivity contribution < 1.29 is 15.0 Å². The van der Waals surface area contributed by atoms with Crippen LogP contribution in [-0.4, -0.2) is 38.6 Å². The number of carboxylic acid groups (broad SMARTS) is 1. The molecule has 0 saturated heterocycles. The summed E-state index contributed by atoms with van der Waals surface area (Å²) < 4.78 is 1.42. The lowest BCUT2D eigenvalue weighted by molar-refractivity contribution is 0.0697. The Morgan fingerprint density at radius 2 is 2.43 bits per heavy atom. The molecule has 6 heteroatoms. The van der Waals surface area contributed by atoms with Gasteiger partial charge in [-0.05, 0) is 6.92 Å². The van der Waals surface area contributed by atoms with E-state index in [1.807, 2.05) is 0 Å². The third-order valence-electron chi connectivity index (χ3n) is 1.73. The molecular weight excluding hydrogens is 186 g/mol. The van der Waals surface area contributed by atoms with Crippen LogP contribution in [-0.2, 0) is 7.05 Å². The van der Waals surface area contributed by atoms with Crippen LogP contribution in [0.15, 0.2) is 6.20 Å². The molecule has 14 heavy (non-hydrogen) atoms. The van der Waals surface area contributed by atoms with E-state index < -0.39 is 12.1 Å². The van der Waals surface area contributed by atoms with Gasteiger partial charge in [0.1, 0.15) is 11.4 Å². The van der Waals surface area contributed by atoms with Gasteiger partial charge in [-0.15, -0.1) is 0 Å². The number of aromatic carboxylic acids is 1. The number of aromatic nitrogens is 2. The van der Waals surface area contributed by atoms with Crippen LogP contribution in [0.25, 0.3) is 0 Å². The minimum atomic E-state index is -1.04. The largest absolute Gasteiger partial charge is 0.477 e. The molecule has 78 valence electrons. The maximum Gasteiger partial charge on any atom is 0.341 e. The summed E-state index contributed by atoms with van der Waals surface area (Å²) in [4.78, 5) is 10.7. The summed E-state index contributed by atoms with van der Waals surface area (Å²) in [6, 6.07) is 0. The fourth-order valence-electron chi connectivity index (χ4n) is 1.05. The van der Waals surface area contributed by atoms with E-state index in [-0.39, 0.29) is 5.56 Å². The van der Waals surface area contributed by atoms with Crippen LogP contribution < -0.4 is 5.32 Å². The summed E-state index contributed by atoms with van der Waals surface area (Å²) in [5.41, 5.74) is 0.105. The first-order valence-corrected chi connectivity index (χ1v) is 4.19. The van der Waals surface area contributed by atoms with Gasteiger partial charge in [-0.3, -0.25) is 4.68 Å². The van der Waals surface area contributed by atoms with Crippen molar-refractivity contribution in [3.05, 3.63) is 11.8 Å². The molecule has 1 rings (SSSR count). The number of nitrogens with zero attached hydrogens (tertiary/aromatic N) is 2. The van der Waals surface area contributed by atoms with Gasteiger partial charge in [-0.1, -0.05) is 0 Å². The highest BCUT2D eigenvalue weighted by Gasteiger charge is 2.14. The summed E-state index contributed by atoms with van der Waals surface area (Å²) in [5, 5.41) is 24.4. The summed E-state index contributed by atoms with van der Waals surface area (Å²) in [6.45, 7) is 1.91. The summed E-state index contributed by atoms with van der Waals surface area (Å²) >= 11 is 0. The first-order valence-electron chi connectivity index (χ1n) is 4.19. The minimum absolute atomic E-state index is 0.105. The molecule has 1 atom stereocenters. The maximum absolute atomic E-state index is 10.7. The quantitative estimate of drug-likeness (QED) is 0.630. The molecule has 0 radical (unpaired) electrons. The number of hydrogen-bond donors (Lipinski definition) is 3. The number of aryl methyl sites for hydroxylation is 1. The van der Waals surface area contributed by atoms with E-state index in [2.05, 4.69) is 10.4 Å². The predicted octanol–water partition coefficient (Wildman–Crippen LogP) is -0.0890. The van der Waals surface area contributed by atoms with E-state index in [1.165, 1.54) is 10.9 Å². The smallest absolute Gasteiger partial charge is 0.341 e. The van der Waals surface area contributed by atoms with Gasteiger partial charge < -0.3 is 15.5 Å². The van der Waals surface area contributed by atoms with Crippen molar-refractivity contribution in [1.29, 1.82) is 0 Å². The van der Waals surface area contributed by atoms with E-state index in [9.17, 15) is 4.79 Å². The third kappa shape index (κ3) is 2.23. The second kappa shape index (κ2) is 4.10. The number of rotatable bonds is 4. The first kappa shape index (κ1) is 10.5. The van der Waals surface area contributed by atoms with Crippen molar-refractivity contribution in [2.45, 2.75) is 13.0 Å². The lowest BCUT2D eigenvalue weighted by Crippen LogP contribution is -2.18. The zero-order chi connectivity index (χ0) is 10.7. The van der Waals surface area contributed by atoms with Crippen LogP contribution in [0.5, 0.6) is 0 Å². The molecule has 0 aliphatic carbocycles. The standard InChI is InChI=1S/C8H13N3O3/c1-5(12)3-9-7-6(8(13)14)4-10-11(7)2/h4-5,9,12H,3H2,1-2H3,(H,13,14). The Balaban J connectivity index is 2.83. The fourth-order valence-corrected chi connectivity index (χ4v) is 1.05. The van der Waals surface area contributed by atoms with Crippen molar-refractivity contribution in [3.8, 4) is 0 Å². The van der Waals surface area contributed by atoms with Crippen molar-refractivity contribution in [1.82, 2.24) is 9.78 Å². The lowest BCUT2D eigenvalue weighted by Gasteiger charge is -2.09. The molecule has 1 aromatic heterocycles. The molecule has 1 heterocycles. The Morgan fingerprint density at radius 1 is 1.79 bits per heavy atom. The van der Waals surface area contributed by atoms with Gasteiger partial charge in [-0.2, -0.15) is 5.10 Å². The van der Waals surface area contributed by atoms with Gasteiger partial charge in [0.05, 0.1) is 12.3 Å².